The second-order valence-corrected chi connectivity index (χ2v) is 39.9. The summed E-state index contributed by atoms with van der Waals surface area (Å²) in [5.74, 6) is 0.730. The summed E-state index contributed by atoms with van der Waals surface area (Å²) in [5.41, 5.74) is 1.40. The Balaban J connectivity index is 0.000000399. The van der Waals surface area contributed by atoms with Gasteiger partial charge in [-0.2, -0.15) is 5.10 Å². The van der Waals surface area contributed by atoms with Crippen molar-refractivity contribution in [1.29, 1.82) is 0 Å². The molecule has 0 saturated heterocycles. The molecular weight excluding hydrogens is 1830 g/mol. The molecule has 8 aliphatic carbocycles. The summed E-state index contributed by atoms with van der Waals surface area (Å²) < 4.78 is 19.0. The molecule has 0 atom stereocenters. The third-order valence-electron chi connectivity index (χ3n) is 23.7. The van der Waals surface area contributed by atoms with Crippen LogP contribution < -0.4 is 5.69 Å². The van der Waals surface area contributed by atoms with Gasteiger partial charge in [-0.05, 0) is 108 Å². The van der Waals surface area contributed by atoms with Crippen LogP contribution in [0.25, 0.3) is 0 Å². The minimum atomic E-state index is -0.978. The number of carboxylic acid groups (broad SMARTS) is 3. The van der Waals surface area contributed by atoms with Gasteiger partial charge in [-0.3, -0.25) is 91.8 Å². The number of aryl methyl sites for hydroxylation is 3. The van der Waals surface area contributed by atoms with Crippen LogP contribution in [0.5, 0.6) is 0 Å². The molecule has 776 valence electrons. The van der Waals surface area contributed by atoms with Gasteiger partial charge in [-0.15, -0.1) is 15.3 Å². The summed E-state index contributed by atoms with van der Waals surface area (Å²) in [6.45, 7) is 49.7. The molecule has 0 spiro atoms. The maximum Gasteiger partial charge on any atom is 0.341 e. The van der Waals surface area contributed by atoms with Crippen molar-refractivity contribution in [2.75, 3.05) is 14.2 Å². The number of hydrogen-bond acceptors (Lipinski definition) is 31. The molecule has 0 unspecified atom stereocenters. The molecule has 0 radical (unpaired) electrons. The van der Waals surface area contributed by atoms with Crippen LogP contribution in [0, 0.1) is 137 Å². The SMILES string of the molecule is CC(C)C(=O)C12CC(C(=O)O)(C1)C2.CC(C)C(=O)C1CC(C(=O)O)C1.CC(C)C(=O)c1ccc(C(=O)O)cc1.CC(C)C(=O)c1ccccn1.CC(C)C(=O)c1cn[nH]c1.CC(C)C(=O)c1n[nH]c(=O)[nH]1.CC(C)C(=O)c1ncccn1.COC(=O)C12CC(C(=O)C(C)C)(C1)C2.COC(=O)C1CC(C(=O)C(C)C)C1.Cc1cc(C(=O)C(C)C)no1.Cc1ncc(C(=O)C(C)C)[nH]1.Cc1nnc(C(=O)C(C)C)o1. The number of esters is 2. The molecule has 7 N–H and O–H groups in total. The molecule has 0 amide bonds. The van der Waals surface area contributed by atoms with Crippen LogP contribution in [0.4, 0.5) is 0 Å². The number of H-pyrrole nitrogens is 4. The highest BCUT2D eigenvalue weighted by Crippen LogP contribution is 2.75. The van der Waals surface area contributed by atoms with Crippen molar-refractivity contribution in [3.05, 3.63) is 171 Å². The van der Waals surface area contributed by atoms with E-state index in [9.17, 15) is 86.3 Å². The molecule has 16 rings (SSSR count). The van der Waals surface area contributed by atoms with E-state index < -0.39 is 29.0 Å². The molecule has 1 aromatic carbocycles. The fraction of sp³-hybridized carbons (Fsp3) is 0.567. The minimum absolute atomic E-state index is 0.00870. The first-order chi connectivity index (χ1) is 66.1. The highest BCUT2D eigenvalue weighted by molar-refractivity contribution is 6.01. The highest BCUT2D eigenvalue weighted by atomic mass is 16.5. The fourth-order valence-electron chi connectivity index (χ4n) is 15.4. The van der Waals surface area contributed by atoms with Gasteiger partial charge in [0.05, 0.1) is 60.4 Å². The van der Waals surface area contributed by atoms with E-state index in [1.165, 1.54) is 26.4 Å². The van der Waals surface area contributed by atoms with Crippen molar-refractivity contribution in [3.63, 3.8) is 0 Å². The first-order valence-electron chi connectivity index (χ1n) is 47.6. The molecule has 38 nitrogen and oxygen atoms in total. The number of imidazole rings is 1. The first kappa shape index (κ1) is 123. The number of rotatable bonds is 29. The predicted octanol–water partition coefficient (Wildman–Crippen LogP) is 17.0. The van der Waals surface area contributed by atoms with Gasteiger partial charge in [0.2, 0.25) is 23.2 Å². The van der Waals surface area contributed by atoms with Gasteiger partial charge in [-0.25, -0.2) is 29.6 Å². The quantitative estimate of drug-likeness (QED) is 0.0169. The van der Waals surface area contributed by atoms with E-state index in [1.807, 2.05) is 151 Å². The molecule has 7 aromatic heterocycles. The van der Waals surface area contributed by atoms with Gasteiger partial charge in [0.15, 0.2) is 40.6 Å². The number of nitrogens with one attached hydrogen (secondary N) is 4. The lowest BCUT2D eigenvalue weighted by molar-refractivity contribution is -0.223. The Labute approximate surface area is 828 Å². The van der Waals surface area contributed by atoms with E-state index in [-0.39, 0.29) is 204 Å². The molecule has 8 aromatic rings. The van der Waals surface area contributed by atoms with Crippen molar-refractivity contribution < 1.29 is 115 Å². The number of methoxy groups -OCH3 is 2. The van der Waals surface area contributed by atoms with E-state index in [0.29, 0.717) is 96.4 Å². The topological polar surface area (TPSA) is 592 Å². The van der Waals surface area contributed by atoms with Gasteiger partial charge in [0.25, 0.3) is 5.89 Å². The van der Waals surface area contributed by atoms with E-state index >= 15 is 0 Å². The van der Waals surface area contributed by atoms with Crippen molar-refractivity contribution in [1.82, 2.24) is 65.7 Å². The highest BCUT2D eigenvalue weighted by Gasteiger charge is 2.76. The molecule has 38 heteroatoms. The predicted molar refractivity (Wildman–Crippen MR) is 523 cm³/mol. The van der Waals surface area contributed by atoms with Crippen molar-refractivity contribution in [2.24, 2.45) is 116 Å². The van der Waals surface area contributed by atoms with Crippen molar-refractivity contribution >= 4 is 99.2 Å². The number of aromatic nitrogens is 13. The number of aromatic amines is 4. The number of aliphatic carboxylic acids is 2. The zero-order chi connectivity index (χ0) is 108. The third-order valence-corrected chi connectivity index (χ3v) is 23.7. The van der Waals surface area contributed by atoms with Gasteiger partial charge in [0, 0.05) is 137 Å². The van der Waals surface area contributed by atoms with Crippen LogP contribution in [0.3, 0.4) is 0 Å². The zero-order valence-corrected chi connectivity index (χ0v) is 87.3. The van der Waals surface area contributed by atoms with Crippen LogP contribution >= 0.6 is 0 Å². The summed E-state index contributed by atoms with van der Waals surface area (Å²) in [6.07, 6.45) is 15.9. The largest absolute Gasteiger partial charge is 0.481 e. The molecule has 4 bridgehead atoms. The van der Waals surface area contributed by atoms with E-state index in [1.54, 1.807) is 115 Å². The minimum Gasteiger partial charge on any atom is -0.481 e. The Morgan fingerprint density at radius 3 is 1.21 bits per heavy atom. The summed E-state index contributed by atoms with van der Waals surface area (Å²) in [6, 6.07) is 14.7. The number of benzene rings is 1. The monoisotopic (exact) mass is 1980 g/mol. The first-order valence-corrected chi connectivity index (χ1v) is 47.6. The van der Waals surface area contributed by atoms with Crippen molar-refractivity contribution in [2.45, 2.75) is 251 Å². The Hall–Kier alpha value is -13.5. The molecule has 8 aliphatic rings. The molecule has 142 heavy (non-hydrogen) atoms. The number of ether oxygens (including phenoxy) is 2. The summed E-state index contributed by atoms with van der Waals surface area (Å²) in [4.78, 5) is 221. The van der Waals surface area contributed by atoms with E-state index in [2.05, 4.69) is 70.4 Å². The number of Topliss-reactive ketones (excluding diaryl/α,β-unsaturated/α-hetero) is 12. The summed E-state index contributed by atoms with van der Waals surface area (Å²) in [5, 5.41) is 48.7. The van der Waals surface area contributed by atoms with Crippen LogP contribution in [0.2, 0.25) is 0 Å². The fourth-order valence-corrected chi connectivity index (χ4v) is 15.4. The summed E-state index contributed by atoms with van der Waals surface area (Å²) >= 11 is 0. The lowest BCUT2D eigenvalue weighted by Crippen LogP contribution is -2.69. The van der Waals surface area contributed by atoms with Gasteiger partial charge in [-0.1, -0.05) is 190 Å². The number of nitrogens with zero attached hydrogens (tertiary/aromatic N) is 9. The van der Waals surface area contributed by atoms with Gasteiger partial charge in [0.1, 0.15) is 51.8 Å². The number of carboxylic acids is 3. The Kier molecular flexibility index (Phi) is 48.6. The number of pyridine rings is 1. The maximum atomic E-state index is 11.8. The smallest absolute Gasteiger partial charge is 0.341 e. The third kappa shape index (κ3) is 36.0. The zero-order valence-electron chi connectivity index (χ0n) is 87.3. The number of carbonyl (C=O) groups excluding carboxylic acids is 14. The Morgan fingerprint density at radius 2 is 0.866 bits per heavy atom. The van der Waals surface area contributed by atoms with Crippen LogP contribution in [-0.4, -0.2) is 194 Å². The molecule has 0 aliphatic heterocycles. The number of aromatic carboxylic acids is 1. The van der Waals surface area contributed by atoms with Gasteiger partial charge >= 0.3 is 35.5 Å². The number of carbonyl (C=O) groups is 17. The second-order valence-electron chi connectivity index (χ2n) is 39.9. The standard InChI is InChI=1S/C11H16O3.C11H12O3.C10H14O3.C10H16O3.C9H11NO.C9H14O3.C8H12N2O.C8H10N2O.C8H11NO2.C7H10N2O2.C7H10N2O.C6H9N3O2/c1-7(2)8(12)10-4-11(5-10,6-10)9(13)14-3;1-7(2)10(12)8-3-5-9(6-4-8)11(13)14;1-6(2)7(11)9-3-10(4-9,5-9)8(12)13;1-6(2)9(11)7-4-8(5-7)10(12)13-3;1-7(2)9(11)8-5-3-4-6-10-8;1-5(2)8(10)6-3-7(4-6)9(11)12;1-5(2)8(11)7-4-9-6(3)10-7;1-6(2)7(11)8-9-4-3-5-10-8;1-5(2)8(10)7-4-6(3)11-9-7;1-4(2)6(10)7-9-8-5(3)11-7;1-5(2)7(10)6-3-8-9-4-6;1-3(2)4(10)5-7-6(11)9-8-5/h7H,4-6H2,1-3H3;3-7H,1-2H3,(H,13,14);6H,3-5H2,1-2H3,(H,12,13);6-8H,4-5H2,1-3H3;3-7H,1-2H3;5-7H,3-4H2,1-2H3,(H,11,12);4-5H,1-3H3,(H,9,10);3-6H,1-2H3;4-5H,1-3H3;4H,1-3H3;3-5H,1-2H3,(H,8,9);3H,1-2H3,(H2,7,8,9,11). The van der Waals surface area contributed by atoms with E-state index in [0.717, 1.165) is 25.1 Å². The Morgan fingerprint density at radius 1 is 0.423 bits per heavy atom. The van der Waals surface area contributed by atoms with Crippen LogP contribution in [-0.2, 0) is 47.8 Å². The molecular formula is C104H145N13O25. The Bertz CT molecular complexity index is 5390. The lowest BCUT2D eigenvalue weighted by Gasteiger charge is -2.67. The molecule has 8 saturated carbocycles. The van der Waals surface area contributed by atoms with Crippen LogP contribution in [0.15, 0.2) is 106 Å². The van der Waals surface area contributed by atoms with E-state index in [4.69, 9.17) is 29.0 Å². The second kappa shape index (κ2) is 56.3. The van der Waals surface area contributed by atoms with Crippen molar-refractivity contribution in [3.8, 4) is 0 Å². The van der Waals surface area contributed by atoms with Gasteiger partial charge < -0.3 is 38.7 Å². The average Bonchev–Trinajstić information content (AvgIpc) is 0.675. The maximum absolute atomic E-state index is 11.8. The number of hydrogen-bond donors (Lipinski definition) is 7. The lowest BCUT2D eigenvalue weighted by atomic mass is 9.33. The molecule has 8 fully saturated rings. The summed E-state index contributed by atoms with van der Waals surface area (Å²) in [7, 11) is 2.81. The molecule has 7 heterocycles. The normalized spacial score (nSPS) is 18.9. The number of ketones is 12. The average molecular weight is 1980 g/mol. The van der Waals surface area contributed by atoms with Crippen LogP contribution in [0.1, 0.15) is 342 Å².